The predicted octanol–water partition coefficient (Wildman–Crippen LogP) is 2.05. The molecule has 1 fully saturated rings. The number of amidine groups is 1. The van der Waals surface area contributed by atoms with Gasteiger partial charge in [0.25, 0.3) is 0 Å². The number of para-hydroxylation sites is 1. The minimum absolute atomic E-state index is 0.0960. The first-order valence-corrected chi connectivity index (χ1v) is 9.34. The normalized spacial score (nSPS) is 22.2. The Morgan fingerprint density at radius 2 is 2.00 bits per heavy atom. The molecule has 6 rings (SSSR count). The zero-order valence-electron chi connectivity index (χ0n) is 15.0. The smallest absolute Gasteiger partial charge is 0.345 e. The fraction of sp³-hybridized carbons (Fsp3) is 0.389. The van der Waals surface area contributed by atoms with Crippen molar-refractivity contribution in [2.24, 2.45) is 4.99 Å². The molecule has 4 heterocycles. The second-order valence-electron chi connectivity index (χ2n) is 7.45. The summed E-state index contributed by atoms with van der Waals surface area (Å²) in [6.07, 6.45) is 4.55. The summed E-state index contributed by atoms with van der Waals surface area (Å²) in [6, 6.07) is 7.99. The highest BCUT2D eigenvalue weighted by atomic mass is 19.2. The molecular formula is C18H18FN7O2. The van der Waals surface area contributed by atoms with Crippen LogP contribution < -0.4 is 9.91 Å². The maximum atomic E-state index is 14.1. The van der Waals surface area contributed by atoms with Crippen LogP contribution >= 0.6 is 0 Å². The third-order valence-corrected chi connectivity index (χ3v) is 5.74. The molecular weight excluding hydrogens is 365 g/mol. The zero-order chi connectivity index (χ0) is 18.9. The SMILES string of the molecule is OC1(c2noc(N3CN=C4c5ccccc5N5CN(F)C=C5N43)n2)CCCC1. The zero-order valence-corrected chi connectivity index (χ0v) is 15.0. The van der Waals surface area contributed by atoms with Crippen molar-refractivity contribution >= 4 is 17.5 Å². The van der Waals surface area contributed by atoms with Gasteiger partial charge < -0.3 is 14.5 Å². The van der Waals surface area contributed by atoms with Gasteiger partial charge in [-0.3, -0.25) is 0 Å². The molecule has 0 radical (unpaired) electrons. The number of halogens is 1. The van der Waals surface area contributed by atoms with Crippen LogP contribution in [0.2, 0.25) is 0 Å². The molecule has 0 bridgehead atoms. The average Bonchev–Trinajstić information content (AvgIpc) is 3.46. The average molecular weight is 383 g/mol. The van der Waals surface area contributed by atoms with E-state index in [2.05, 4.69) is 15.1 Å². The highest BCUT2D eigenvalue weighted by Gasteiger charge is 2.45. The number of rotatable bonds is 2. The number of hydrazine groups is 1. The summed E-state index contributed by atoms with van der Waals surface area (Å²) >= 11 is 0. The Morgan fingerprint density at radius 3 is 2.86 bits per heavy atom. The Balaban J connectivity index is 1.41. The first-order chi connectivity index (χ1) is 13.6. The maximum absolute atomic E-state index is 14.1. The minimum Gasteiger partial charge on any atom is -0.382 e. The molecule has 1 aliphatic carbocycles. The molecule has 0 amide bonds. The van der Waals surface area contributed by atoms with Crippen LogP contribution in [0.1, 0.15) is 37.1 Å². The summed E-state index contributed by atoms with van der Waals surface area (Å²) in [5, 5.41) is 18.9. The summed E-state index contributed by atoms with van der Waals surface area (Å²) < 4.78 is 19.6. The maximum Gasteiger partial charge on any atom is 0.345 e. The fourth-order valence-corrected chi connectivity index (χ4v) is 4.36. The molecule has 1 aromatic carbocycles. The Bertz CT molecular complexity index is 1010. The van der Waals surface area contributed by atoms with Crippen molar-refractivity contribution in [2.45, 2.75) is 31.3 Å². The van der Waals surface area contributed by atoms with Gasteiger partial charge in [0, 0.05) is 5.56 Å². The Morgan fingerprint density at radius 1 is 1.18 bits per heavy atom. The second kappa shape index (κ2) is 5.44. The molecule has 0 atom stereocenters. The van der Waals surface area contributed by atoms with Gasteiger partial charge in [0.05, 0.1) is 11.9 Å². The van der Waals surface area contributed by atoms with Crippen molar-refractivity contribution < 1.29 is 14.1 Å². The number of nitrogens with zero attached hydrogens (tertiary/aromatic N) is 7. The van der Waals surface area contributed by atoms with Gasteiger partial charge >= 0.3 is 6.01 Å². The van der Waals surface area contributed by atoms with E-state index in [1.807, 2.05) is 29.2 Å². The van der Waals surface area contributed by atoms with Crippen LogP contribution in [-0.2, 0) is 5.60 Å². The first-order valence-electron chi connectivity index (χ1n) is 9.34. The summed E-state index contributed by atoms with van der Waals surface area (Å²) in [6.45, 7) is 0.361. The van der Waals surface area contributed by atoms with Crippen LogP contribution in [-0.4, -0.2) is 44.6 Å². The topological polar surface area (TPSA) is 84.5 Å². The predicted molar refractivity (Wildman–Crippen MR) is 97.2 cm³/mol. The van der Waals surface area contributed by atoms with E-state index < -0.39 is 5.60 Å². The Kier molecular flexibility index (Phi) is 3.09. The van der Waals surface area contributed by atoms with E-state index in [1.54, 1.807) is 10.0 Å². The lowest BCUT2D eigenvalue weighted by atomic mass is 10.0. The lowest BCUT2D eigenvalue weighted by Gasteiger charge is -2.38. The van der Waals surface area contributed by atoms with Gasteiger partial charge in [-0.05, 0) is 37.8 Å². The molecule has 0 unspecified atom stereocenters. The van der Waals surface area contributed by atoms with Crippen molar-refractivity contribution in [3.05, 3.63) is 47.7 Å². The first kappa shape index (κ1) is 15.9. The van der Waals surface area contributed by atoms with Crippen molar-refractivity contribution in [1.29, 1.82) is 0 Å². The van der Waals surface area contributed by atoms with E-state index in [0.717, 1.165) is 24.1 Å². The lowest BCUT2D eigenvalue weighted by molar-refractivity contribution is 0.0328. The third-order valence-electron chi connectivity index (χ3n) is 5.74. The van der Waals surface area contributed by atoms with E-state index in [9.17, 15) is 9.59 Å². The summed E-state index contributed by atoms with van der Waals surface area (Å²) in [4.78, 5) is 11.0. The van der Waals surface area contributed by atoms with Crippen molar-refractivity contribution in [3.8, 4) is 0 Å². The highest BCUT2D eigenvalue weighted by molar-refractivity contribution is 6.08. The molecule has 9 nitrogen and oxygen atoms in total. The van der Waals surface area contributed by atoms with Crippen LogP contribution in [0.15, 0.2) is 45.8 Å². The number of benzene rings is 1. The molecule has 144 valence electrons. The van der Waals surface area contributed by atoms with Gasteiger partial charge in [0.15, 0.2) is 11.7 Å². The molecule has 0 spiro atoms. The Hall–Kier alpha value is -3.14. The van der Waals surface area contributed by atoms with E-state index >= 15 is 0 Å². The number of aromatic nitrogens is 2. The molecule has 10 heteroatoms. The molecule has 0 saturated heterocycles. The van der Waals surface area contributed by atoms with Crippen LogP contribution in [0.5, 0.6) is 0 Å². The van der Waals surface area contributed by atoms with E-state index in [-0.39, 0.29) is 19.4 Å². The number of hydrogen-bond acceptors (Lipinski definition) is 9. The lowest BCUT2D eigenvalue weighted by Crippen LogP contribution is -2.49. The molecule has 1 aromatic heterocycles. The number of hydrogen-bond donors (Lipinski definition) is 1. The largest absolute Gasteiger partial charge is 0.382 e. The van der Waals surface area contributed by atoms with Crippen molar-refractivity contribution in [1.82, 2.24) is 20.3 Å². The molecule has 4 aliphatic rings. The molecule has 2 aromatic rings. The summed E-state index contributed by atoms with van der Waals surface area (Å²) in [5.41, 5.74) is 0.775. The fourth-order valence-electron chi connectivity index (χ4n) is 4.36. The quantitative estimate of drug-likeness (QED) is 0.789. The second-order valence-corrected chi connectivity index (χ2v) is 7.45. The van der Waals surface area contributed by atoms with Gasteiger partial charge in [-0.1, -0.05) is 21.8 Å². The number of aliphatic imine (C=N–C) groups is 1. The standard InChI is InChI=1S/C18H18FN7O2/c19-23-9-14-24(11-23)13-6-2-1-5-12(13)15-20-10-25(26(14)15)17-21-16(22-28-17)18(27)7-3-4-8-18/h1-2,5-6,9,27H,3-4,7-8,10-11H2. The van der Waals surface area contributed by atoms with Gasteiger partial charge in [0.1, 0.15) is 18.9 Å². The van der Waals surface area contributed by atoms with Crippen molar-refractivity contribution in [2.75, 3.05) is 23.2 Å². The van der Waals surface area contributed by atoms with Crippen LogP contribution in [0.4, 0.5) is 16.2 Å². The number of fused-ring (bicyclic) bond motifs is 6. The monoisotopic (exact) mass is 383 g/mol. The van der Waals surface area contributed by atoms with Gasteiger partial charge in [-0.25, -0.2) is 15.0 Å². The molecule has 1 N–H and O–H groups in total. The van der Waals surface area contributed by atoms with E-state index in [4.69, 9.17) is 4.52 Å². The van der Waals surface area contributed by atoms with Crippen molar-refractivity contribution in [3.63, 3.8) is 0 Å². The van der Waals surface area contributed by atoms with Crippen LogP contribution in [0, 0.1) is 0 Å². The number of anilines is 2. The highest BCUT2D eigenvalue weighted by Crippen LogP contribution is 2.41. The molecule has 3 aliphatic heterocycles. The Labute approximate surface area is 159 Å². The van der Waals surface area contributed by atoms with Crippen LogP contribution in [0.25, 0.3) is 0 Å². The summed E-state index contributed by atoms with van der Waals surface area (Å²) in [7, 11) is 0. The van der Waals surface area contributed by atoms with E-state index in [0.29, 0.717) is 35.4 Å². The number of aliphatic hydroxyl groups is 1. The van der Waals surface area contributed by atoms with Gasteiger partial charge in [0.2, 0.25) is 5.82 Å². The van der Waals surface area contributed by atoms with Crippen LogP contribution in [0.3, 0.4) is 0 Å². The third kappa shape index (κ3) is 2.06. The minimum atomic E-state index is -1.03. The molecule has 28 heavy (non-hydrogen) atoms. The molecule has 1 saturated carbocycles. The van der Waals surface area contributed by atoms with E-state index in [1.165, 1.54) is 6.20 Å². The van der Waals surface area contributed by atoms with Gasteiger partial charge in [-0.2, -0.15) is 10.1 Å². The van der Waals surface area contributed by atoms with Gasteiger partial charge in [-0.15, -0.1) is 0 Å². The summed E-state index contributed by atoms with van der Waals surface area (Å²) in [5.74, 6) is 1.62.